The minimum Gasteiger partial charge on any atom is -0.192 e. The molecule has 1 saturated heterocycles. The van der Waals surface area contributed by atoms with Gasteiger partial charge in [-0.05, 0) is 48.2 Å². The van der Waals surface area contributed by atoms with Crippen LogP contribution in [-0.4, -0.2) is 11.0 Å². The summed E-state index contributed by atoms with van der Waals surface area (Å²) in [5.74, 6) is 1.64. The largest absolute Gasteiger partial charge is 0.192 e. The number of nitrogens with zero attached hydrogens (tertiary/aromatic N) is 2. The molecule has 0 aromatic heterocycles. The molecule has 1 heterocycles. The Kier molecular flexibility index (Phi) is 5.28. The maximum absolute atomic E-state index is 8.98. The van der Waals surface area contributed by atoms with Gasteiger partial charge < -0.3 is 0 Å². The van der Waals surface area contributed by atoms with Gasteiger partial charge in [-0.15, -0.1) is 0 Å². The van der Waals surface area contributed by atoms with Crippen LogP contribution in [0.2, 0.25) is 0 Å². The molecule has 0 radical (unpaired) electrons. The second-order valence-electron chi connectivity index (χ2n) is 5.60. The Morgan fingerprint density at radius 3 is 2.09 bits per heavy atom. The average molecular weight is 336 g/mol. The van der Waals surface area contributed by atoms with Crippen LogP contribution in [0.25, 0.3) is 0 Å². The number of hydrogen-bond acceptors (Lipinski definition) is 4. The minimum atomic E-state index is 0.440. The molecule has 0 spiro atoms. The van der Waals surface area contributed by atoms with Gasteiger partial charge in [-0.3, -0.25) is 0 Å². The number of nitriles is 2. The lowest BCUT2D eigenvalue weighted by Crippen LogP contribution is -2.16. The molecule has 23 heavy (non-hydrogen) atoms. The van der Waals surface area contributed by atoms with E-state index in [0.717, 1.165) is 6.42 Å². The summed E-state index contributed by atoms with van der Waals surface area (Å²) in [6.07, 6.45) is 2.19. The van der Waals surface area contributed by atoms with Gasteiger partial charge in [0.1, 0.15) is 0 Å². The highest BCUT2D eigenvalue weighted by Gasteiger charge is 2.28. The summed E-state index contributed by atoms with van der Waals surface area (Å²) in [7, 11) is 3.93. The van der Waals surface area contributed by atoms with E-state index in [1.807, 2.05) is 45.9 Å². The van der Waals surface area contributed by atoms with E-state index in [-0.39, 0.29) is 0 Å². The lowest BCUT2D eigenvalue weighted by Gasteiger charge is -2.23. The van der Waals surface area contributed by atoms with Gasteiger partial charge in [0.15, 0.2) is 0 Å². The van der Waals surface area contributed by atoms with Gasteiger partial charge >= 0.3 is 0 Å². The average Bonchev–Trinajstić information content (AvgIpc) is 3.15. The van der Waals surface area contributed by atoms with Crippen molar-refractivity contribution in [1.82, 2.24) is 0 Å². The Morgan fingerprint density at radius 2 is 1.57 bits per heavy atom. The summed E-state index contributed by atoms with van der Waals surface area (Å²) < 4.78 is 0. The third-order valence-corrected chi connectivity index (χ3v) is 7.13. The van der Waals surface area contributed by atoms with Crippen molar-refractivity contribution in [3.63, 3.8) is 0 Å². The Bertz CT molecular complexity index is 733. The second kappa shape index (κ2) is 7.59. The van der Waals surface area contributed by atoms with E-state index in [1.54, 1.807) is 0 Å². The van der Waals surface area contributed by atoms with Gasteiger partial charge in [0.05, 0.1) is 23.3 Å². The molecule has 0 aliphatic carbocycles. The van der Waals surface area contributed by atoms with E-state index >= 15 is 0 Å². The van der Waals surface area contributed by atoms with E-state index in [9.17, 15) is 0 Å². The third kappa shape index (κ3) is 3.91. The van der Waals surface area contributed by atoms with Crippen molar-refractivity contribution < 1.29 is 0 Å². The Morgan fingerprint density at radius 1 is 0.957 bits per heavy atom. The van der Waals surface area contributed by atoms with Gasteiger partial charge in [-0.1, -0.05) is 45.9 Å². The molecule has 0 saturated carbocycles. The molecular formula is C19H16N2S2. The number of benzene rings is 2. The zero-order chi connectivity index (χ0) is 16.1. The lowest BCUT2D eigenvalue weighted by atomic mass is 9.87. The van der Waals surface area contributed by atoms with E-state index in [2.05, 4.69) is 36.4 Å². The van der Waals surface area contributed by atoms with Crippen LogP contribution in [0.3, 0.4) is 0 Å². The van der Waals surface area contributed by atoms with Gasteiger partial charge in [-0.25, -0.2) is 0 Å². The third-order valence-electron chi connectivity index (χ3n) is 4.13. The quantitative estimate of drug-likeness (QED) is 0.744. The van der Waals surface area contributed by atoms with Gasteiger partial charge in [-0.2, -0.15) is 10.5 Å². The molecule has 0 amide bonds. The lowest BCUT2D eigenvalue weighted by molar-refractivity contribution is 0.636. The summed E-state index contributed by atoms with van der Waals surface area (Å²) in [5, 5.41) is 18.5. The van der Waals surface area contributed by atoms with Crippen LogP contribution in [0.15, 0.2) is 48.5 Å². The van der Waals surface area contributed by atoms with E-state index < -0.39 is 0 Å². The Balaban J connectivity index is 1.85. The van der Waals surface area contributed by atoms with Crippen molar-refractivity contribution in [2.24, 2.45) is 0 Å². The molecule has 2 unspecified atom stereocenters. The predicted molar refractivity (Wildman–Crippen MR) is 97.2 cm³/mol. The topological polar surface area (TPSA) is 47.6 Å². The summed E-state index contributed by atoms with van der Waals surface area (Å²) in [6.45, 7) is 0. The molecule has 2 nitrogen and oxygen atoms in total. The molecule has 2 atom stereocenters. The van der Waals surface area contributed by atoms with E-state index in [1.165, 1.54) is 23.3 Å². The van der Waals surface area contributed by atoms with Gasteiger partial charge in [0, 0.05) is 16.9 Å². The van der Waals surface area contributed by atoms with Crippen LogP contribution in [-0.2, 0) is 6.42 Å². The van der Waals surface area contributed by atoms with Gasteiger partial charge in [0.2, 0.25) is 0 Å². The SMILES string of the molecule is N#Cc1ccc(CC(c2ccc(C#N)cc2)C2CCSS2)cc1. The molecule has 2 aromatic rings. The zero-order valence-corrected chi connectivity index (χ0v) is 14.2. The molecule has 1 aliphatic rings. The fraction of sp³-hybridized carbons (Fsp3) is 0.263. The molecule has 1 aliphatic heterocycles. The second-order valence-corrected chi connectivity index (χ2v) is 8.32. The van der Waals surface area contributed by atoms with Crippen LogP contribution >= 0.6 is 21.6 Å². The van der Waals surface area contributed by atoms with Crippen molar-refractivity contribution in [2.75, 3.05) is 5.75 Å². The van der Waals surface area contributed by atoms with Crippen LogP contribution in [0.1, 0.15) is 34.6 Å². The standard InChI is InChI=1S/C19H16N2S2/c20-12-15-3-1-14(2-4-15)11-18(19-9-10-22-23-19)17-7-5-16(13-21)6-8-17/h1-8,18-19H,9-11H2. The summed E-state index contributed by atoms with van der Waals surface area (Å²) in [6, 6.07) is 20.3. The summed E-state index contributed by atoms with van der Waals surface area (Å²) >= 11 is 0. The normalized spacial score (nSPS) is 18.1. The van der Waals surface area contributed by atoms with Crippen molar-refractivity contribution in [2.45, 2.75) is 24.0 Å². The first-order chi connectivity index (χ1) is 11.3. The molecule has 0 bridgehead atoms. The molecule has 4 heteroatoms. The highest BCUT2D eigenvalue weighted by molar-refractivity contribution is 8.77. The molecule has 0 N–H and O–H groups in total. The summed E-state index contributed by atoms with van der Waals surface area (Å²) in [5.41, 5.74) is 3.97. The van der Waals surface area contributed by atoms with E-state index in [4.69, 9.17) is 10.5 Å². The Labute approximate surface area is 144 Å². The van der Waals surface area contributed by atoms with Crippen molar-refractivity contribution in [1.29, 1.82) is 10.5 Å². The molecule has 1 fully saturated rings. The van der Waals surface area contributed by atoms with Crippen LogP contribution < -0.4 is 0 Å². The first-order valence-electron chi connectivity index (χ1n) is 7.57. The maximum atomic E-state index is 8.98. The fourth-order valence-electron chi connectivity index (χ4n) is 2.85. The van der Waals surface area contributed by atoms with Crippen LogP contribution in [0.4, 0.5) is 0 Å². The van der Waals surface area contributed by atoms with E-state index in [0.29, 0.717) is 22.3 Å². The van der Waals surface area contributed by atoms with Crippen molar-refractivity contribution >= 4 is 21.6 Å². The fourth-order valence-corrected chi connectivity index (χ4v) is 6.02. The minimum absolute atomic E-state index is 0.440. The highest BCUT2D eigenvalue weighted by atomic mass is 33.1. The maximum Gasteiger partial charge on any atom is 0.0991 e. The highest BCUT2D eigenvalue weighted by Crippen LogP contribution is 2.45. The molecule has 2 aromatic carbocycles. The van der Waals surface area contributed by atoms with Crippen LogP contribution in [0, 0.1) is 22.7 Å². The summed E-state index contributed by atoms with van der Waals surface area (Å²) in [4.78, 5) is 0. The zero-order valence-electron chi connectivity index (χ0n) is 12.6. The molecular weight excluding hydrogens is 320 g/mol. The smallest absolute Gasteiger partial charge is 0.0991 e. The Hall–Kier alpha value is -1.88. The van der Waals surface area contributed by atoms with Crippen molar-refractivity contribution in [3.05, 3.63) is 70.8 Å². The predicted octanol–water partition coefficient (Wildman–Crippen LogP) is 4.91. The first-order valence-corrected chi connectivity index (χ1v) is 9.96. The molecule has 114 valence electrons. The first kappa shape index (κ1) is 16.0. The van der Waals surface area contributed by atoms with Crippen molar-refractivity contribution in [3.8, 4) is 12.1 Å². The van der Waals surface area contributed by atoms with Crippen LogP contribution in [0.5, 0.6) is 0 Å². The number of rotatable bonds is 4. The monoisotopic (exact) mass is 336 g/mol. The molecule has 3 rings (SSSR count). The van der Waals surface area contributed by atoms with Gasteiger partial charge in [0.25, 0.3) is 0 Å². The number of hydrogen-bond donors (Lipinski definition) is 0.